The van der Waals surface area contributed by atoms with E-state index in [4.69, 9.17) is 10.3 Å². The highest BCUT2D eigenvalue weighted by atomic mass is 16.3. The van der Waals surface area contributed by atoms with Crippen molar-refractivity contribution in [1.82, 2.24) is 5.43 Å². The van der Waals surface area contributed by atoms with E-state index in [1.165, 1.54) is 18.4 Å². The molecule has 1 aliphatic rings. The van der Waals surface area contributed by atoms with E-state index >= 15 is 0 Å². The maximum atomic E-state index is 5.98. The number of hydrogen-bond donors (Lipinski definition) is 2. The number of nitrogens with one attached hydrogen (secondary N) is 1. The number of rotatable bonds is 3. The van der Waals surface area contributed by atoms with Crippen LogP contribution in [0.5, 0.6) is 0 Å². The second-order valence-corrected chi connectivity index (χ2v) is 5.40. The molecule has 1 saturated carbocycles. The van der Waals surface area contributed by atoms with Crippen molar-refractivity contribution in [3.05, 3.63) is 35.6 Å². The molecule has 1 aromatic carbocycles. The number of furan rings is 1. The van der Waals surface area contributed by atoms with E-state index in [-0.39, 0.29) is 11.5 Å². The number of fused-ring (bicyclic) bond motifs is 1. The van der Waals surface area contributed by atoms with Gasteiger partial charge >= 0.3 is 0 Å². The first-order valence-electron chi connectivity index (χ1n) is 6.09. The molecule has 1 aliphatic carbocycles. The van der Waals surface area contributed by atoms with Crippen LogP contribution in [0, 0.1) is 12.3 Å². The van der Waals surface area contributed by atoms with Crippen LogP contribution in [0.25, 0.3) is 11.0 Å². The summed E-state index contributed by atoms with van der Waals surface area (Å²) in [5, 5.41) is 1.16. The molecule has 3 N–H and O–H groups in total. The zero-order valence-corrected chi connectivity index (χ0v) is 10.3. The van der Waals surface area contributed by atoms with Gasteiger partial charge in [-0.25, -0.2) is 5.43 Å². The summed E-state index contributed by atoms with van der Waals surface area (Å²) in [4.78, 5) is 0. The van der Waals surface area contributed by atoms with Crippen LogP contribution in [0.15, 0.2) is 28.7 Å². The van der Waals surface area contributed by atoms with Gasteiger partial charge in [-0.3, -0.25) is 5.84 Å². The second-order valence-electron chi connectivity index (χ2n) is 5.40. The summed E-state index contributed by atoms with van der Waals surface area (Å²) in [6.07, 6.45) is 2.41. The summed E-state index contributed by atoms with van der Waals surface area (Å²) in [5.74, 6) is 6.64. The van der Waals surface area contributed by atoms with Gasteiger partial charge in [-0.15, -0.1) is 0 Å². The summed E-state index contributed by atoms with van der Waals surface area (Å²) in [6, 6.07) is 8.43. The maximum absolute atomic E-state index is 5.98. The van der Waals surface area contributed by atoms with Crippen LogP contribution in [0.2, 0.25) is 0 Å². The molecule has 1 aromatic heterocycles. The minimum absolute atomic E-state index is 0.120. The molecule has 0 spiro atoms. The lowest BCUT2D eigenvalue weighted by molar-refractivity contribution is 0.319. The zero-order valence-electron chi connectivity index (χ0n) is 10.3. The molecule has 17 heavy (non-hydrogen) atoms. The van der Waals surface area contributed by atoms with Crippen molar-refractivity contribution < 1.29 is 4.42 Å². The largest absolute Gasteiger partial charge is 0.459 e. The fourth-order valence-corrected chi connectivity index (χ4v) is 2.48. The van der Waals surface area contributed by atoms with Gasteiger partial charge in [-0.05, 0) is 36.8 Å². The molecule has 3 nitrogen and oxygen atoms in total. The van der Waals surface area contributed by atoms with Crippen LogP contribution < -0.4 is 11.3 Å². The zero-order chi connectivity index (χ0) is 12.0. The van der Waals surface area contributed by atoms with Crippen molar-refractivity contribution in [3.8, 4) is 0 Å². The Morgan fingerprint density at radius 1 is 1.41 bits per heavy atom. The molecule has 0 saturated heterocycles. The van der Waals surface area contributed by atoms with Crippen LogP contribution in [-0.2, 0) is 0 Å². The van der Waals surface area contributed by atoms with Crippen LogP contribution >= 0.6 is 0 Å². The van der Waals surface area contributed by atoms with E-state index in [1.54, 1.807) is 0 Å². The lowest BCUT2D eigenvalue weighted by Gasteiger charge is -2.19. The van der Waals surface area contributed by atoms with Crippen LogP contribution in [-0.4, -0.2) is 0 Å². The van der Waals surface area contributed by atoms with Gasteiger partial charge in [0.2, 0.25) is 0 Å². The Bertz CT molecular complexity index is 554. The molecular weight excluding hydrogens is 212 g/mol. The Balaban J connectivity index is 2.08. The normalized spacial score (nSPS) is 19.5. The monoisotopic (exact) mass is 230 g/mol. The van der Waals surface area contributed by atoms with E-state index in [0.29, 0.717) is 0 Å². The molecule has 1 atom stereocenters. The van der Waals surface area contributed by atoms with Crippen molar-refractivity contribution in [3.63, 3.8) is 0 Å². The van der Waals surface area contributed by atoms with Gasteiger partial charge < -0.3 is 4.42 Å². The summed E-state index contributed by atoms with van der Waals surface area (Å²) in [6.45, 7) is 4.32. The van der Waals surface area contributed by atoms with Gasteiger partial charge in [-0.2, -0.15) is 0 Å². The van der Waals surface area contributed by atoms with Gasteiger partial charge in [0.25, 0.3) is 0 Å². The molecule has 1 heterocycles. The molecule has 1 fully saturated rings. The average Bonchev–Trinajstić information content (AvgIpc) is 2.89. The third-order valence-electron chi connectivity index (χ3n) is 3.95. The number of hydrazine groups is 1. The van der Waals surface area contributed by atoms with Crippen LogP contribution in [0.4, 0.5) is 0 Å². The third kappa shape index (κ3) is 1.66. The summed E-state index contributed by atoms with van der Waals surface area (Å²) < 4.78 is 5.98. The fraction of sp³-hybridized carbons (Fsp3) is 0.429. The standard InChI is InChI=1S/C14H18N2O/c1-9-4-3-5-10-8-11(17-12(9)10)13(16-15)14(2)6-7-14/h3-5,8,13,16H,6-7,15H2,1-2H3. The summed E-state index contributed by atoms with van der Waals surface area (Å²) >= 11 is 0. The molecule has 2 aromatic rings. The fourth-order valence-electron chi connectivity index (χ4n) is 2.48. The highest BCUT2D eigenvalue weighted by molar-refractivity contribution is 5.81. The van der Waals surface area contributed by atoms with Crippen molar-refractivity contribution in [2.24, 2.45) is 11.3 Å². The molecule has 0 bridgehead atoms. The molecule has 90 valence electrons. The van der Waals surface area contributed by atoms with Gasteiger partial charge in [0, 0.05) is 5.39 Å². The van der Waals surface area contributed by atoms with Crippen LogP contribution in [0.1, 0.15) is 37.1 Å². The Morgan fingerprint density at radius 2 is 2.18 bits per heavy atom. The minimum atomic E-state index is 0.120. The SMILES string of the molecule is Cc1cccc2cc(C(NN)C3(C)CC3)oc12. The lowest BCUT2D eigenvalue weighted by atomic mass is 9.97. The molecule has 3 heteroatoms. The molecule has 3 rings (SSSR count). The predicted octanol–water partition coefficient (Wildman–Crippen LogP) is 3.05. The first-order chi connectivity index (χ1) is 8.14. The third-order valence-corrected chi connectivity index (χ3v) is 3.95. The topological polar surface area (TPSA) is 51.2 Å². The van der Waals surface area contributed by atoms with Gasteiger partial charge in [-0.1, -0.05) is 25.1 Å². The number of benzene rings is 1. The van der Waals surface area contributed by atoms with E-state index in [2.05, 4.69) is 43.5 Å². The van der Waals surface area contributed by atoms with E-state index in [9.17, 15) is 0 Å². The van der Waals surface area contributed by atoms with E-state index in [1.807, 2.05) is 0 Å². The average molecular weight is 230 g/mol. The Hall–Kier alpha value is -1.32. The maximum Gasteiger partial charge on any atom is 0.137 e. The minimum Gasteiger partial charge on any atom is -0.459 e. The first kappa shape index (κ1) is 10.8. The lowest BCUT2D eigenvalue weighted by Crippen LogP contribution is -2.33. The quantitative estimate of drug-likeness (QED) is 0.629. The summed E-state index contributed by atoms with van der Waals surface area (Å²) in [5.41, 5.74) is 5.32. The highest BCUT2D eigenvalue weighted by Crippen LogP contribution is 2.54. The number of hydrogen-bond acceptors (Lipinski definition) is 3. The van der Waals surface area contributed by atoms with E-state index < -0.39 is 0 Å². The number of aryl methyl sites for hydroxylation is 1. The van der Waals surface area contributed by atoms with Crippen LogP contribution in [0.3, 0.4) is 0 Å². The predicted molar refractivity (Wildman–Crippen MR) is 68.4 cm³/mol. The van der Waals surface area contributed by atoms with Crippen molar-refractivity contribution >= 4 is 11.0 Å². The molecule has 0 radical (unpaired) electrons. The van der Waals surface area contributed by atoms with Crippen molar-refractivity contribution in [2.75, 3.05) is 0 Å². The number of nitrogens with two attached hydrogens (primary N) is 1. The smallest absolute Gasteiger partial charge is 0.137 e. The Labute approximate surface area is 101 Å². The molecule has 0 aliphatic heterocycles. The first-order valence-corrected chi connectivity index (χ1v) is 6.09. The Morgan fingerprint density at radius 3 is 2.76 bits per heavy atom. The van der Waals surface area contributed by atoms with Gasteiger partial charge in [0.15, 0.2) is 0 Å². The highest BCUT2D eigenvalue weighted by Gasteiger charge is 2.46. The van der Waals surface area contributed by atoms with Crippen molar-refractivity contribution in [1.29, 1.82) is 0 Å². The summed E-state index contributed by atoms with van der Waals surface area (Å²) in [7, 11) is 0. The van der Waals surface area contributed by atoms with Gasteiger partial charge in [0.1, 0.15) is 11.3 Å². The second kappa shape index (κ2) is 3.59. The molecular formula is C14H18N2O. The molecule has 1 unspecified atom stereocenters. The van der Waals surface area contributed by atoms with Gasteiger partial charge in [0.05, 0.1) is 6.04 Å². The van der Waals surface area contributed by atoms with Crippen molar-refractivity contribution in [2.45, 2.75) is 32.7 Å². The number of para-hydroxylation sites is 1. The van der Waals surface area contributed by atoms with E-state index in [0.717, 1.165) is 16.7 Å². The molecule has 0 amide bonds. The Kier molecular flexibility index (Phi) is 2.28.